The summed E-state index contributed by atoms with van der Waals surface area (Å²) >= 11 is 0. The minimum Gasteiger partial charge on any atom is -0.507 e. The first-order valence-electron chi connectivity index (χ1n) is 7.73. The van der Waals surface area contributed by atoms with Crippen molar-refractivity contribution in [2.75, 3.05) is 7.11 Å². The van der Waals surface area contributed by atoms with Gasteiger partial charge in [-0.2, -0.15) is 10.1 Å². The number of carbonyl (C=O) groups is 2. The normalized spacial score (nSPS) is 15.3. The molecule has 2 aromatic rings. The number of ether oxygens (including phenoxy) is 1. The van der Waals surface area contributed by atoms with Gasteiger partial charge >= 0.3 is 0 Å². The van der Waals surface area contributed by atoms with E-state index in [1.165, 1.54) is 25.3 Å². The quantitative estimate of drug-likeness (QED) is 0.653. The third-order valence-electron chi connectivity index (χ3n) is 3.90. The highest BCUT2D eigenvalue weighted by Crippen LogP contribution is 2.29. The lowest BCUT2D eigenvalue weighted by atomic mass is 10.1. The first kappa shape index (κ1) is 17.2. The van der Waals surface area contributed by atoms with Gasteiger partial charge in [0.05, 0.1) is 24.0 Å². The van der Waals surface area contributed by atoms with E-state index in [1.54, 1.807) is 37.3 Å². The third kappa shape index (κ3) is 3.02. The second kappa shape index (κ2) is 6.72. The highest BCUT2D eigenvalue weighted by molar-refractivity contribution is 6.30. The molecule has 3 rings (SSSR count). The van der Waals surface area contributed by atoms with Crippen molar-refractivity contribution in [3.05, 3.63) is 59.2 Å². The van der Waals surface area contributed by atoms with Gasteiger partial charge in [0.1, 0.15) is 5.75 Å². The van der Waals surface area contributed by atoms with E-state index in [0.29, 0.717) is 11.3 Å². The van der Waals surface area contributed by atoms with Crippen molar-refractivity contribution in [2.24, 2.45) is 5.10 Å². The molecule has 0 saturated carbocycles. The molecule has 1 aliphatic heterocycles. The van der Waals surface area contributed by atoms with Gasteiger partial charge in [0, 0.05) is 0 Å². The van der Waals surface area contributed by atoms with Gasteiger partial charge in [-0.05, 0) is 42.8 Å². The number of benzene rings is 2. The molecule has 0 bridgehead atoms. The lowest BCUT2D eigenvalue weighted by Gasteiger charge is -2.10. The number of hydrogen-bond acceptors (Lipinski definition) is 6. The summed E-state index contributed by atoms with van der Waals surface area (Å²) in [5.41, 5.74) is 1.20. The lowest BCUT2D eigenvalue weighted by Crippen LogP contribution is -2.29. The maximum absolute atomic E-state index is 12.6. The van der Waals surface area contributed by atoms with Crippen LogP contribution in [0.3, 0.4) is 0 Å². The van der Waals surface area contributed by atoms with Crippen LogP contribution in [0.25, 0.3) is 6.08 Å². The van der Waals surface area contributed by atoms with Crippen LogP contribution in [0.1, 0.15) is 22.8 Å². The third-order valence-corrected chi connectivity index (χ3v) is 3.90. The number of nitrogens with zero attached hydrogens (tertiary/aromatic N) is 2. The van der Waals surface area contributed by atoms with Crippen LogP contribution < -0.4 is 4.74 Å². The van der Waals surface area contributed by atoms with Crippen molar-refractivity contribution in [1.29, 1.82) is 0 Å². The molecule has 0 aliphatic carbocycles. The van der Waals surface area contributed by atoms with Crippen molar-refractivity contribution in [3.8, 4) is 17.2 Å². The van der Waals surface area contributed by atoms with Crippen LogP contribution in [0.5, 0.6) is 17.2 Å². The molecule has 2 aromatic carbocycles. The topological polar surface area (TPSA) is 99.4 Å². The smallest absolute Gasteiger partial charge is 0.285 e. The van der Waals surface area contributed by atoms with Crippen LogP contribution in [0.4, 0.5) is 0 Å². The molecular formula is C19H16N2O5. The number of hydrogen-bond donors (Lipinski definition) is 2. The van der Waals surface area contributed by atoms with Crippen molar-refractivity contribution < 1.29 is 24.5 Å². The molecule has 132 valence electrons. The van der Waals surface area contributed by atoms with Crippen molar-refractivity contribution in [3.63, 3.8) is 0 Å². The molecule has 0 radical (unpaired) electrons. The van der Waals surface area contributed by atoms with Gasteiger partial charge in [-0.25, -0.2) is 0 Å². The van der Waals surface area contributed by atoms with Crippen LogP contribution in [-0.4, -0.2) is 39.9 Å². The average molecular weight is 352 g/mol. The molecule has 0 saturated heterocycles. The highest BCUT2D eigenvalue weighted by atomic mass is 16.5. The molecule has 7 nitrogen and oxygen atoms in total. The molecule has 1 heterocycles. The largest absolute Gasteiger partial charge is 0.507 e. The number of methoxy groups -OCH3 is 1. The standard InChI is InChI=1S/C19H16N2O5/c1-11-14(9-12-7-8-16(23)17(10-12)26-2)19(25)21(20-11)18(24)13-5-3-4-6-15(13)22/h3-10,22-23H,1-2H3/b14-9-. The summed E-state index contributed by atoms with van der Waals surface area (Å²) < 4.78 is 5.05. The number of carbonyl (C=O) groups excluding carboxylic acids is 2. The fraction of sp³-hybridized carbons (Fsp3) is 0.105. The fourth-order valence-electron chi connectivity index (χ4n) is 2.54. The van der Waals surface area contributed by atoms with E-state index in [1.807, 2.05) is 0 Å². The van der Waals surface area contributed by atoms with E-state index in [2.05, 4.69) is 5.10 Å². The zero-order valence-electron chi connectivity index (χ0n) is 14.1. The first-order chi connectivity index (χ1) is 12.4. The van der Waals surface area contributed by atoms with Crippen LogP contribution in [0, 0.1) is 0 Å². The van der Waals surface area contributed by atoms with Gasteiger partial charge in [-0.1, -0.05) is 18.2 Å². The van der Waals surface area contributed by atoms with E-state index in [-0.39, 0.29) is 28.4 Å². The van der Waals surface area contributed by atoms with E-state index in [4.69, 9.17) is 4.74 Å². The van der Waals surface area contributed by atoms with E-state index in [0.717, 1.165) is 5.01 Å². The summed E-state index contributed by atoms with van der Waals surface area (Å²) in [6.45, 7) is 1.61. The Balaban J connectivity index is 1.93. The lowest BCUT2D eigenvalue weighted by molar-refractivity contribution is -0.123. The summed E-state index contributed by atoms with van der Waals surface area (Å²) in [4.78, 5) is 25.2. The molecule has 2 amide bonds. The van der Waals surface area contributed by atoms with Gasteiger partial charge in [-0.3, -0.25) is 9.59 Å². The number of hydrazone groups is 1. The van der Waals surface area contributed by atoms with Gasteiger partial charge in [0.15, 0.2) is 11.5 Å². The maximum atomic E-state index is 12.6. The summed E-state index contributed by atoms with van der Waals surface area (Å²) in [5.74, 6) is -1.28. The molecule has 1 aliphatic rings. The van der Waals surface area contributed by atoms with Gasteiger partial charge in [0.2, 0.25) is 0 Å². The Kier molecular flexibility index (Phi) is 4.45. The zero-order chi connectivity index (χ0) is 18.8. The SMILES string of the molecule is COc1cc(/C=C2\C(=O)N(C(=O)c3ccccc3O)N=C2C)ccc1O. The number of amides is 2. The molecule has 0 atom stereocenters. The van der Waals surface area contributed by atoms with E-state index < -0.39 is 11.8 Å². The van der Waals surface area contributed by atoms with Gasteiger partial charge in [0.25, 0.3) is 11.8 Å². The summed E-state index contributed by atoms with van der Waals surface area (Å²) in [5, 5.41) is 24.2. The van der Waals surface area contributed by atoms with Crippen LogP contribution in [0.2, 0.25) is 0 Å². The predicted molar refractivity (Wildman–Crippen MR) is 95.0 cm³/mol. The van der Waals surface area contributed by atoms with Crippen molar-refractivity contribution in [1.82, 2.24) is 5.01 Å². The van der Waals surface area contributed by atoms with Crippen molar-refractivity contribution >= 4 is 23.6 Å². The first-order valence-corrected chi connectivity index (χ1v) is 7.73. The Labute approximate surface area is 149 Å². The van der Waals surface area contributed by atoms with Gasteiger partial charge < -0.3 is 14.9 Å². The Bertz CT molecular complexity index is 962. The molecule has 0 unspecified atom stereocenters. The Morgan fingerprint density at radius 1 is 1.15 bits per heavy atom. The Hall–Kier alpha value is -3.61. The van der Waals surface area contributed by atoms with Crippen LogP contribution in [0.15, 0.2) is 53.1 Å². The number of para-hydroxylation sites is 1. The molecule has 7 heteroatoms. The summed E-state index contributed by atoms with van der Waals surface area (Å²) in [7, 11) is 1.42. The van der Waals surface area contributed by atoms with Gasteiger partial charge in [-0.15, -0.1) is 0 Å². The second-order valence-electron chi connectivity index (χ2n) is 5.61. The summed E-state index contributed by atoms with van der Waals surface area (Å²) in [6, 6.07) is 10.6. The minimum absolute atomic E-state index is 0.00930. The Morgan fingerprint density at radius 2 is 1.88 bits per heavy atom. The second-order valence-corrected chi connectivity index (χ2v) is 5.61. The number of phenols is 2. The molecule has 2 N–H and O–H groups in total. The van der Waals surface area contributed by atoms with E-state index in [9.17, 15) is 19.8 Å². The Morgan fingerprint density at radius 3 is 2.58 bits per heavy atom. The van der Waals surface area contributed by atoms with E-state index >= 15 is 0 Å². The molecular weight excluding hydrogens is 336 g/mol. The number of rotatable bonds is 3. The maximum Gasteiger partial charge on any atom is 0.285 e. The number of aromatic hydroxyl groups is 2. The predicted octanol–water partition coefficient (Wildman–Crippen LogP) is 2.55. The monoisotopic (exact) mass is 352 g/mol. The average Bonchev–Trinajstić information content (AvgIpc) is 2.91. The van der Waals surface area contributed by atoms with Crippen molar-refractivity contribution in [2.45, 2.75) is 6.92 Å². The molecule has 0 spiro atoms. The molecule has 0 aromatic heterocycles. The highest BCUT2D eigenvalue weighted by Gasteiger charge is 2.33. The summed E-state index contributed by atoms with van der Waals surface area (Å²) in [6.07, 6.45) is 1.56. The number of phenolic OH excluding ortho intramolecular Hbond substituents is 2. The minimum atomic E-state index is -0.709. The molecule has 0 fully saturated rings. The number of imide groups is 1. The fourth-order valence-corrected chi connectivity index (χ4v) is 2.54. The van der Waals surface area contributed by atoms with Crippen LogP contribution in [-0.2, 0) is 4.79 Å². The molecule has 26 heavy (non-hydrogen) atoms. The van der Waals surface area contributed by atoms with Crippen LogP contribution >= 0.6 is 0 Å². The zero-order valence-corrected chi connectivity index (χ0v) is 14.1.